The van der Waals surface area contributed by atoms with Crippen molar-refractivity contribution in [3.63, 3.8) is 0 Å². The van der Waals surface area contributed by atoms with E-state index in [2.05, 4.69) is 4.72 Å². The Morgan fingerprint density at radius 1 is 0.963 bits per heavy atom. The van der Waals surface area contributed by atoms with Gasteiger partial charge in [-0.1, -0.05) is 60.2 Å². The van der Waals surface area contributed by atoms with Gasteiger partial charge in [0, 0.05) is 6.54 Å². The van der Waals surface area contributed by atoms with E-state index in [1.54, 1.807) is 18.2 Å². The Bertz CT molecular complexity index is 1040. The van der Waals surface area contributed by atoms with E-state index in [0.29, 0.717) is 0 Å². The first-order valence-corrected chi connectivity index (χ1v) is 10.1. The third kappa shape index (κ3) is 5.15. The molecule has 140 valence electrons. The van der Waals surface area contributed by atoms with Crippen molar-refractivity contribution in [1.29, 1.82) is 0 Å². The van der Waals surface area contributed by atoms with E-state index in [9.17, 15) is 13.2 Å². The fourth-order valence-electron chi connectivity index (χ4n) is 2.63. The zero-order chi connectivity index (χ0) is 19.3. The number of esters is 1. The normalized spacial score (nSPS) is 11.4. The molecule has 0 radical (unpaired) electrons. The second-order valence-corrected chi connectivity index (χ2v) is 8.07. The van der Waals surface area contributed by atoms with Crippen molar-refractivity contribution in [3.8, 4) is 0 Å². The molecular formula is C21H21NO4S. The molecule has 0 aliphatic heterocycles. The van der Waals surface area contributed by atoms with E-state index in [0.717, 1.165) is 21.9 Å². The van der Waals surface area contributed by atoms with Crippen LogP contribution < -0.4 is 4.72 Å². The van der Waals surface area contributed by atoms with Crippen LogP contribution in [0.3, 0.4) is 0 Å². The maximum absolute atomic E-state index is 12.4. The van der Waals surface area contributed by atoms with Crippen LogP contribution in [0.1, 0.15) is 17.5 Å². The zero-order valence-corrected chi connectivity index (χ0v) is 15.8. The molecule has 27 heavy (non-hydrogen) atoms. The highest BCUT2D eigenvalue weighted by molar-refractivity contribution is 7.89. The number of nitrogens with one attached hydrogen (secondary N) is 1. The van der Waals surface area contributed by atoms with Crippen molar-refractivity contribution in [2.45, 2.75) is 24.8 Å². The molecule has 3 rings (SSSR count). The van der Waals surface area contributed by atoms with Gasteiger partial charge in [-0.2, -0.15) is 0 Å². The quantitative estimate of drug-likeness (QED) is 0.633. The molecule has 0 aliphatic rings. The zero-order valence-electron chi connectivity index (χ0n) is 15.0. The molecule has 0 aliphatic carbocycles. The number of fused-ring (bicyclic) bond motifs is 1. The minimum atomic E-state index is -3.68. The van der Waals surface area contributed by atoms with Crippen molar-refractivity contribution in [3.05, 3.63) is 77.9 Å². The Kier molecular flexibility index (Phi) is 5.88. The molecule has 0 atom stereocenters. The summed E-state index contributed by atoms with van der Waals surface area (Å²) in [5.41, 5.74) is 2.03. The van der Waals surface area contributed by atoms with E-state index in [1.165, 1.54) is 0 Å². The maximum atomic E-state index is 12.4. The SMILES string of the molecule is Cc1ccc(COC(=O)CCNS(=O)(=O)c2ccc3ccccc3c2)cc1. The molecule has 0 spiro atoms. The summed E-state index contributed by atoms with van der Waals surface area (Å²) in [5.74, 6) is -0.447. The smallest absolute Gasteiger partial charge is 0.307 e. The van der Waals surface area contributed by atoms with Gasteiger partial charge in [0.05, 0.1) is 11.3 Å². The lowest BCUT2D eigenvalue weighted by molar-refractivity contribution is -0.144. The van der Waals surface area contributed by atoms with Crippen LogP contribution in [0.15, 0.2) is 71.6 Å². The Morgan fingerprint density at radius 3 is 2.41 bits per heavy atom. The molecule has 6 heteroatoms. The summed E-state index contributed by atoms with van der Waals surface area (Å²) in [5, 5.41) is 1.81. The van der Waals surface area contributed by atoms with Crippen molar-refractivity contribution in [2.24, 2.45) is 0 Å². The summed E-state index contributed by atoms with van der Waals surface area (Å²) in [7, 11) is -3.68. The molecule has 0 aromatic heterocycles. The first-order valence-electron chi connectivity index (χ1n) is 8.64. The molecule has 0 bridgehead atoms. The van der Waals surface area contributed by atoms with Crippen LogP contribution in [0.2, 0.25) is 0 Å². The highest BCUT2D eigenvalue weighted by atomic mass is 32.2. The van der Waals surface area contributed by atoms with Crippen LogP contribution in [0.4, 0.5) is 0 Å². The number of hydrogen-bond donors (Lipinski definition) is 1. The topological polar surface area (TPSA) is 72.5 Å². The molecule has 0 fully saturated rings. The lowest BCUT2D eigenvalue weighted by Gasteiger charge is -2.08. The van der Waals surface area contributed by atoms with Crippen molar-refractivity contribution in [1.82, 2.24) is 4.72 Å². The van der Waals surface area contributed by atoms with Gasteiger partial charge in [0.2, 0.25) is 10.0 Å². The minimum Gasteiger partial charge on any atom is -0.461 e. The number of carbonyl (C=O) groups is 1. The number of ether oxygens (including phenoxy) is 1. The van der Waals surface area contributed by atoms with E-state index in [1.807, 2.05) is 55.5 Å². The summed E-state index contributed by atoms with van der Waals surface area (Å²) < 4.78 is 32.4. The molecule has 0 saturated carbocycles. The van der Waals surface area contributed by atoms with Gasteiger partial charge in [0.15, 0.2) is 0 Å². The first-order chi connectivity index (χ1) is 12.9. The van der Waals surface area contributed by atoms with Gasteiger partial charge in [-0.15, -0.1) is 0 Å². The molecule has 5 nitrogen and oxygen atoms in total. The van der Waals surface area contributed by atoms with Crippen molar-refractivity contribution >= 4 is 26.8 Å². The molecule has 0 heterocycles. The number of aryl methyl sites for hydroxylation is 1. The number of rotatable bonds is 7. The van der Waals surface area contributed by atoms with E-state index >= 15 is 0 Å². The minimum absolute atomic E-state index is 0.0120. The number of sulfonamides is 1. The fourth-order valence-corrected chi connectivity index (χ4v) is 3.69. The summed E-state index contributed by atoms with van der Waals surface area (Å²) >= 11 is 0. The second-order valence-electron chi connectivity index (χ2n) is 6.30. The largest absolute Gasteiger partial charge is 0.461 e. The predicted molar refractivity (Wildman–Crippen MR) is 105 cm³/mol. The molecule has 3 aromatic rings. The van der Waals surface area contributed by atoms with Crippen molar-refractivity contribution < 1.29 is 17.9 Å². The lowest BCUT2D eigenvalue weighted by Crippen LogP contribution is -2.26. The van der Waals surface area contributed by atoms with Crippen LogP contribution in [0, 0.1) is 6.92 Å². The van der Waals surface area contributed by atoms with Gasteiger partial charge in [0.25, 0.3) is 0 Å². The molecule has 0 unspecified atom stereocenters. The molecule has 1 N–H and O–H groups in total. The van der Waals surface area contributed by atoms with Gasteiger partial charge in [0.1, 0.15) is 6.61 Å². The predicted octanol–water partition coefficient (Wildman–Crippen LogP) is 3.56. The summed E-state index contributed by atoms with van der Waals surface area (Å²) in [6.07, 6.45) is -0.0291. The third-order valence-electron chi connectivity index (χ3n) is 4.17. The highest BCUT2D eigenvalue weighted by Crippen LogP contribution is 2.18. The Balaban J connectivity index is 1.52. The fraction of sp³-hybridized carbons (Fsp3) is 0.190. The van der Waals surface area contributed by atoms with Crippen molar-refractivity contribution in [2.75, 3.05) is 6.54 Å². The average Bonchev–Trinajstić information content (AvgIpc) is 2.67. The Morgan fingerprint density at radius 2 is 1.67 bits per heavy atom. The van der Waals surface area contributed by atoms with Gasteiger partial charge in [-0.3, -0.25) is 4.79 Å². The number of hydrogen-bond acceptors (Lipinski definition) is 4. The van der Waals surface area contributed by atoms with E-state index in [-0.39, 0.29) is 24.5 Å². The standard InChI is InChI=1S/C21H21NO4S/c1-16-6-8-17(9-7-16)15-26-21(23)12-13-22-27(24,25)20-11-10-18-4-2-3-5-19(18)14-20/h2-11,14,22H,12-13,15H2,1H3. The summed E-state index contributed by atoms with van der Waals surface area (Å²) in [6, 6.07) is 20.2. The lowest BCUT2D eigenvalue weighted by atomic mass is 10.1. The second kappa shape index (κ2) is 8.33. The molecule has 0 saturated heterocycles. The number of carbonyl (C=O) groups excluding carboxylic acids is 1. The van der Waals surface area contributed by atoms with Gasteiger partial charge in [-0.05, 0) is 35.4 Å². The first kappa shape index (κ1) is 19.1. The van der Waals surface area contributed by atoms with Crippen LogP contribution in [0.25, 0.3) is 10.8 Å². The summed E-state index contributed by atoms with van der Waals surface area (Å²) in [6.45, 7) is 2.15. The van der Waals surface area contributed by atoms with Crippen LogP contribution in [-0.2, 0) is 26.2 Å². The molecular weight excluding hydrogens is 362 g/mol. The van der Waals surface area contributed by atoms with Crippen LogP contribution in [0.5, 0.6) is 0 Å². The van der Waals surface area contributed by atoms with Gasteiger partial charge >= 0.3 is 5.97 Å². The number of benzene rings is 3. The highest BCUT2D eigenvalue weighted by Gasteiger charge is 2.15. The summed E-state index contributed by atoms with van der Waals surface area (Å²) in [4.78, 5) is 12.0. The third-order valence-corrected chi connectivity index (χ3v) is 5.63. The van der Waals surface area contributed by atoms with E-state index < -0.39 is 16.0 Å². The van der Waals surface area contributed by atoms with Crippen LogP contribution >= 0.6 is 0 Å². The Hall–Kier alpha value is -2.70. The average molecular weight is 383 g/mol. The maximum Gasteiger partial charge on any atom is 0.307 e. The molecule has 3 aromatic carbocycles. The Labute approximate surface area is 159 Å². The van der Waals surface area contributed by atoms with Gasteiger partial charge < -0.3 is 4.74 Å². The van der Waals surface area contributed by atoms with Crippen LogP contribution in [-0.4, -0.2) is 20.9 Å². The van der Waals surface area contributed by atoms with Gasteiger partial charge in [-0.25, -0.2) is 13.1 Å². The monoisotopic (exact) mass is 383 g/mol. The molecule has 0 amide bonds. The van der Waals surface area contributed by atoms with E-state index in [4.69, 9.17) is 4.74 Å².